The summed E-state index contributed by atoms with van der Waals surface area (Å²) in [6.45, 7) is 7.11. The smallest absolute Gasteiger partial charge is 0.220 e. The van der Waals surface area contributed by atoms with Crippen molar-refractivity contribution in [2.75, 3.05) is 19.6 Å². The van der Waals surface area contributed by atoms with Gasteiger partial charge >= 0.3 is 0 Å². The first-order chi connectivity index (χ1) is 8.76. The Morgan fingerprint density at radius 2 is 2.26 bits per heavy atom. The monoisotopic (exact) mass is 288 g/mol. The summed E-state index contributed by atoms with van der Waals surface area (Å²) in [6.07, 6.45) is 8.71. The molecule has 1 rings (SSSR count). The lowest BCUT2D eigenvalue weighted by Gasteiger charge is -2.17. The van der Waals surface area contributed by atoms with Gasteiger partial charge in [0, 0.05) is 19.5 Å². The number of unbranched alkanes of at least 4 members (excludes halogenated alkanes) is 1. The van der Waals surface area contributed by atoms with Crippen LogP contribution in [0.15, 0.2) is 11.6 Å². The van der Waals surface area contributed by atoms with Gasteiger partial charge in [-0.15, -0.1) is 12.4 Å². The maximum absolute atomic E-state index is 11.9. The zero-order valence-corrected chi connectivity index (χ0v) is 13.2. The second-order valence-corrected chi connectivity index (χ2v) is 5.21. The van der Waals surface area contributed by atoms with Crippen LogP contribution in [0.3, 0.4) is 0 Å². The Morgan fingerprint density at radius 3 is 2.84 bits per heavy atom. The van der Waals surface area contributed by atoms with Crippen LogP contribution < -0.4 is 10.6 Å². The number of nitrogens with one attached hydrogen (secondary N) is 2. The Kier molecular flexibility index (Phi) is 11.0. The highest BCUT2D eigenvalue weighted by molar-refractivity contribution is 5.85. The molecule has 1 aliphatic rings. The minimum atomic E-state index is 0. The first kappa shape index (κ1) is 18.5. The third-order valence-electron chi connectivity index (χ3n) is 3.69. The fourth-order valence-corrected chi connectivity index (χ4v) is 2.32. The standard InChI is InChI=1S/C15H28N2O.ClH/c1-3-5-6-13(4-2)11-15(18)17-12-14-7-9-16-10-8-14;/h7,13,16H,3-6,8-12H2,1-2H3,(H,17,18);1H. The molecule has 19 heavy (non-hydrogen) atoms. The van der Waals surface area contributed by atoms with Crippen molar-refractivity contribution >= 4 is 18.3 Å². The summed E-state index contributed by atoms with van der Waals surface area (Å²) >= 11 is 0. The van der Waals surface area contributed by atoms with Gasteiger partial charge in [-0.3, -0.25) is 4.79 Å². The molecule has 0 saturated carbocycles. The zero-order chi connectivity index (χ0) is 13.2. The molecular weight excluding hydrogens is 260 g/mol. The highest BCUT2D eigenvalue weighted by Gasteiger charge is 2.12. The van der Waals surface area contributed by atoms with Gasteiger partial charge in [-0.2, -0.15) is 0 Å². The Morgan fingerprint density at radius 1 is 1.47 bits per heavy atom. The van der Waals surface area contributed by atoms with E-state index in [0.29, 0.717) is 12.3 Å². The van der Waals surface area contributed by atoms with Gasteiger partial charge in [-0.25, -0.2) is 0 Å². The number of halogens is 1. The van der Waals surface area contributed by atoms with E-state index in [4.69, 9.17) is 0 Å². The molecule has 3 nitrogen and oxygen atoms in total. The van der Waals surface area contributed by atoms with Gasteiger partial charge in [0.05, 0.1) is 0 Å². The van der Waals surface area contributed by atoms with Gasteiger partial charge < -0.3 is 10.6 Å². The van der Waals surface area contributed by atoms with Gasteiger partial charge in [0.15, 0.2) is 0 Å². The number of amides is 1. The third-order valence-corrected chi connectivity index (χ3v) is 3.69. The third kappa shape index (κ3) is 8.27. The van der Waals surface area contributed by atoms with Crippen molar-refractivity contribution in [2.45, 2.75) is 52.4 Å². The number of hydrogen-bond donors (Lipinski definition) is 2. The molecule has 0 aliphatic carbocycles. The van der Waals surface area contributed by atoms with E-state index in [2.05, 4.69) is 30.6 Å². The number of hydrogen-bond acceptors (Lipinski definition) is 2. The van der Waals surface area contributed by atoms with Crippen LogP contribution >= 0.6 is 12.4 Å². The molecule has 0 radical (unpaired) electrons. The molecule has 1 amide bonds. The van der Waals surface area contributed by atoms with Crippen LogP contribution in [0, 0.1) is 5.92 Å². The average Bonchev–Trinajstić information content (AvgIpc) is 2.42. The van der Waals surface area contributed by atoms with Crippen LogP contribution in [-0.2, 0) is 4.79 Å². The minimum absolute atomic E-state index is 0. The number of carbonyl (C=O) groups is 1. The van der Waals surface area contributed by atoms with Gasteiger partial charge in [-0.1, -0.05) is 44.8 Å². The van der Waals surface area contributed by atoms with Crippen molar-refractivity contribution in [3.63, 3.8) is 0 Å². The van der Waals surface area contributed by atoms with E-state index in [9.17, 15) is 4.79 Å². The van der Waals surface area contributed by atoms with E-state index in [1.165, 1.54) is 24.8 Å². The van der Waals surface area contributed by atoms with Crippen LogP contribution in [0.1, 0.15) is 52.4 Å². The fourth-order valence-electron chi connectivity index (χ4n) is 2.32. The van der Waals surface area contributed by atoms with Gasteiger partial charge in [-0.05, 0) is 25.3 Å². The SMILES string of the molecule is CCCCC(CC)CC(=O)NCC1=CCNCC1.Cl. The lowest BCUT2D eigenvalue weighted by molar-refractivity contribution is -0.121. The molecule has 112 valence electrons. The summed E-state index contributed by atoms with van der Waals surface area (Å²) in [5, 5.41) is 6.34. The number of rotatable bonds is 8. The lowest BCUT2D eigenvalue weighted by atomic mass is 9.95. The van der Waals surface area contributed by atoms with Crippen LogP contribution in [-0.4, -0.2) is 25.5 Å². The molecule has 0 aromatic rings. The predicted molar refractivity (Wildman–Crippen MR) is 83.8 cm³/mol. The molecule has 0 aromatic heterocycles. The van der Waals surface area contributed by atoms with Crippen molar-refractivity contribution in [1.29, 1.82) is 0 Å². The van der Waals surface area contributed by atoms with Crippen LogP contribution in [0.2, 0.25) is 0 Å². The summed E-state index contributed by atoms with van der Waals surface area (Å²) in [5.74, 6) is 0.782. The first-order valence-electron chi connectivity index (χ1n) is 7.41. The van der Waals surface area contributed by atoms with Gasteiger partial charge in [0.25, 0.3) is 0 Å². The molecule has 2 N–H and O–H groups in total. The van der Waals surface area contributed by atoms with E-state index in [0.717, 1.165) is 32.5 Å². The molecular formula is C15H29ClN2O. The van der Waals surface area contributed by atoms with Crippen LogP contribution in [0.4, 0.5) is 0 Å². The van der Waals surface area contributed by atoms with E-state index in [1.54, 1.807) is 0 Å². The first-order valence-corrected chi connectivity index (χ1v) is 7.41. The van der Waals surface area contributed by atoms with Crippen molar-refractivity contribution < 1.29 is 4.79 Å². The molecule has 0 spiro atoms. The van der Waals surface area contributed by atoms with Gasteiger partial charge in [0.2, 0.25) is 5.91 Å². The molecule has 0 bridgehead atoms. The summed E-state index contributed by atoms with van der Waals surface area (Å²) in [6, 6.07) is 0. The second-order valence-electron chi connectivity index (χ2n) is 5.21. The second kappa shape index (κ2) is 11.3. The molecule has 4 heteroatoms. The van der Waals surface area contributed by atoms with Crippen molar-refractivity contribution in [2.24, 2.45) is 5.92 Å². The Labute approximate surface area is 124 Å². The maximum Gasteiger partial charge on any atom is 0.220 e. The lowest BCUT2D eigenvalue weighted by Crippen LogP contribution is -2.30. The average molecular weight is 289 g/mol. The molecule has 0 saturated heterocycles. The van der Waals surface area contributed by atoms with E-state index < -0.39 is 0 Å². The highest BCUT2D eigenvalue weighted by atomic mass is 35.5. The summed E-state index contributed by atoms with van der Waals surface area (Å²) in [5.41, 5.74) is 1.36. The molecule has 0 aromatic carbocycles. The summed E-state index contributed by atoms with van der Waals surface area (Å²) in [4.78, 5) is 11.9. The summed E-state index contributed by atoms with van der Waals surface area (Å²) in [7, 11) is 0. The van der Waals surface area contributed by atoms with E-state index in [1.807, 2.05) is 0 Å². The summed E-state index contributed by atoms with van der Waals surface area (Å²) < 4.78 is 0. The maximum atomic E-state index is 11.9. The molecule has 1 atom stereocenters. The molecule has 1 heterocycles. The molecule has 1 aliphatic heterocycles. The minimum Gasteiger partial charge on any atom is -0.352 e. The molecule has 0 fully saturated rings. The van der Waals surface area contributed by atoms with Gasteiger partial charge in [0.1, 0.15) is 0 Å². The Balaban J connectivity index is 0.00000324. The Bertz CT molecular complexity index is 279. The highest BCUT2D eigenvalue weighted by Crippen LogP contribution is 2.16. The van der Waals surface area contributed by atoms with Crippen molar-refractivity contribution in [1.82, 2.24) is 10.6 Å². The fraction of sp³-hybridized carbons (Fsp3) is 0.800. The quantitative estimate of drug-likeness (QED) is 0.674. The largest absolute Gasteiger partial charge is 0.352 e. The van der Waals surface area contributed by atoms with Crippen LogP contribution in [0.5, 0.6) is 0 Å². The zero-order valence-electron chi connectivity index (χ0n) is 12.3. The Hall–Kier alpha value is -0.540. The van der Waals surface area contributed by atoms with E-state index >= 15 is 0 Å². The van der Waals surface area contributed by atoms with Crippen LogP contribution in [0.25, 0.3) is 0 Å². The number of carbonyl (C=O) groups excluding carboxylic acids is 1. The van der Waals surface area contributed by atoms with Crippen molar-refractivity contribution in [3.8, 4) is 0 Å². The topological polar surface area (TPSA) is 41.1 Å². The van der Waals surface area contributed by atoms with E-state index in [-0.39, 0.29) is 18.3 Å². The predicted octanol–water partition coefficient (Wildman–Crippen LogP) is 3.05. The van der Waals surface area contributed by atoms with Crippen molar-refractivity contribution in [3.05, 3.63) is 11.6 Å². The normalized spacial score (nSPS) is 16.2. The molecule has 1 unspecified atom stereocenters.